The SMILES string of the molecule is CCNC(=NCC1(CCOCC)CC1)N1CCN(CC(=O)N2CCOCC2)CC1. The quantitative estimate of drug-likeness (QED) is 0.342. The molecule has 2 saturated heterocycles. The predicted octanol–water partition coefficient (Wildman–Crippen LogP) is 0.635. The highest BCUT2D eigenvalue weighted by atomic mass is 16.5. The highest BCUT2D eigenvalue weighted by Crippen LogP contribution is 2.49. The fourth-order valence-electron chi connectivity index (χ4n) is 3.99. The van der Waals surface area contributed by atoms with E-state index in [0.717, 1.165) is 78.0 Å². The van der Waals surface area contributed by atoms with Crippen molar-refractivity contribution in [2.45, 2.75) is 33.1 Å². The topological polar surface area (TPSA) is 69.6 Å². The van der Waals surface area contributed by atoms with E-state index in [0.29, 0.717) is 25.2 Å². The van der Waals surface area contributed by atoms with Crippen LogP contribution in [0.1, 0.15) is 33.1 Å². The maximum absolute atomic E-state index is 12.5. The molecule has 8 nitrogen and oxygen atoms in total. The summed E-state index contributed by atoms with van der Waals surface area (Å²) in [6, 6.07) is 0. The fraction of sp³-hybridized carbons (Fsp3) is 0.905. The van der Waals surface area contributed by atoms with Crippen molar-refractivity contribution in [3.05, 3.63) is 0 Å². The number of aliphatic imine (C=N–C) groups is 1. The Morgan fingerprint density at radius 3 is 2.41 bits per heavy atom. The van der Waals surface area contributed by atoms with Gasteiger partial charge in [-0.05, 0) is 38.5 Å². The molecule has 0 aromatic carbocycles. The first-order chi connectivity index (χ1) is 14.2. The van der Waals surface area contributed by atoms with Crippen molar-refractivity contribution in [2.24, 2.45) is 10.4 Å². The number of nitrogens with zero attached hydrogens (tertiary/aromatic N) is 4. The van der Waals surface area contributed by atoms with Gasteiger partial charge in [0.05, 0.1) is 19.8 Å². The van der Waals surface area contributed by atoms with E-state index >= 15 is 0 Å². The number of guanidine groups is 1. The molecule has 0 aromatic rings. The molecular weight excluding hydrogens is 370 g/mol. The van der Waals surface area contributed by atoms with Gasteiger partial charge in [0.25, 0.3) is 0 Å². The number of amides is 1. The highest BCUT2D eigenvalue weighted by Gasteiger charge is 2.42. The first-order valence-corrected chi connectivity index (χ1v) is 11.3. The third-order valence-electron chi connectivity index (χ3n) is 6.23. The molecule has 0 bridgehead atoms. The lowest BCUT2D eigenvalue weighted by Gasteiger charge is -2.37. The van der Waals surface area contributed by atoms with E-state index < -0.39 is 0 Å². The molecule has 1 N–H and O–H groups in total. The van der Waals surface area contributed by atoms with E-state index in [1.165, 1.54) is 12.8 Å². The molecule has 29 heavy (non-hydrogen) atoms. The van der Waals surface area contributed by atoms with Gasteiger partial charge in [0.2, 0.25) is 5.91 Å². The first kappa shape index (κ1) is 22.3. The lowest BCUT2D eigenvalue weighted by molar-refractivity contribution is -0.136. The largest absolute Gasteiger partial charge is 0.382 e. The number of piperazine rings is 1. The van der Waals surface area contributed by atoms with Crippen LogP contribution < -0.4 is 5.32 Å². The number of morpholine rings is 1. The molecular formula is C21H39N5O3. The summed E-state index contributed by atoms with van der Waals surface area (Å²) in [4.78, 5) is 24.0. The highest BCUT2D eigenvalue weighted by molar-refractivity contribution is 5.80. The van der Waals surface area contributed by atoms with Gasteiger partial charge in [0.1, 0.15) is 0 Å². The van der Waals surface area contributed by atoms with Gasteiger partial charge in [0, 0.05) is 65.6 Å². The van der Waals surface area contributed by atoms with Gasteiger partial charge in [-0.25, -0.2) is 0 Å². The van der Waals surface area contributed by atoms with Crippen LogP contribution in [-0.4, -0.2) is 112 Å². The van der Waals surface area contributed by atoms with Crippen LogP contribution >= 0.6 is 0 Å². The monoisotopic (exact) mass is 409 g/mol. The molecule has 0 unspecified atom stereocenters. The number of hydrogen-bond acceptors (Lipinski definition) is 5. The Morgan fingerprint density at radius 1 is 1.07 bits per heavy atom. The summed E-state index contributed by atoms with van der Waals surface area (Å²) in [5.41, 5.74) is 0.363. The zero-order valence-corrected chi connectivity index (χ0v) is 18.3. The molecule has 0 aromatic heterocycles. The molecule has 2 aliphatic heterocycles. The standard InChI is InChI=1S/C21H39N5O3/c1-3-22-20(23-18-21(5-6-21)7-14-28-4-2)26-10-8-24(9-11-26)17-19(27)25-12-15-29-16-13-25/h3-18H2,1-2H3,(H,22,23). The Bertz CT molecular complexity index is 538. The van der Waals surface area contributed by atoms with Crippen molar-refractivity contribution in [2.75, 3.05) is 85.3 Å². The van der Waals surface area contributed by atoms with Gasteiger partial charge in [0.15, 0.2) is 5.96 Å². The molecule has 2 heterocycles. The molecule has 1 saturated carbocycles. The number of nitrogens with one attached hydrogen (secondary N) is 1. The molecule has 1 aliphatic carbocycles. The Morgan fingerprint density at radius 2 is 1.79 bits per heavy atom. The Kier molecular flexibility index (Phi) is 8.56. The second-order valence-electron chi connectivity index (χ2n) is 8.37. The molecule has 3 fully saturated rings. The van der Waals surface area contributed by atoms with E-state index in [1.807, 2.05) is 4.90 Å². The van der Waals surface area contributed by atoms with Gasteiger partial charge in [-0.3, -0.25) is 14.7 Å². The molecule has 0 spiro atoms. The molecule has 8 heteroatoms. The van der Waals surface area contributed by atoms with Gasteiger partial charge in [-0.1, -0.05) is 0 Å². The van der Waals surface area contributed by atoms with Crippen molar-refractivity contribution in [3.8, 4) is 0 Å². The van der Waals surface area contributed by atoms with E-state index in [2.05, 4.69) is 29.0 Å². The number of ether oxygens (including phenoxy) is 2. The van der Waals surface area contributed by atoms with Crippen LogP contribution in [0.4, 0.5) is 0 Å². The van der Waals surface area contributed by atoms with Crippen LogP contribution in [0.2, 0.25) is 0 Å². The molecule has 166 valence electrons. The smallest absolute Gasteiger partial charge is 0.236 e. The van der Waals surface area contributed by atoms with Gasteiger partial charge in [-0.15, -0.1) is 0 Å². The van der Waals surface area contributed by atoms with E-state index in [-0.39, 0.29) is 5.91 Å². The maximum Gasteiger partial charge on any atom is 0.236 e. The zero-order valence-electron chi connectivity index (χ0n) is 18.3. The normalized spacial score (nSPS) is 22.6. The summed E-state index contributed by atoms with van der Waals surface area (Å²) in [5, 5.41) is 3.46. The number of carbonyl (C=O) groups excluding carboxylic acids is 1. The summed E-state index contributed by atoms with van der Waals surface area (Å²) in [5.74, 6) is 1.25. The minimum atomic E-state index is 0.229. The lowest BCUT2D eigenvalue weighted by atomic mass is 10.0. The molecule has 0 atom stereocenters. The minimum Gasteiger partial charge on any atom is -0.382 e. The predicted molar refractivity (Wildman–Crippen MR) is 114 cm³/mol. The van der Waals surface area contributed by atoms with Crippen molar-refractivity contribution in [1.82, 2.24) is 20.0 Å². The van der Waals surface area contributed by atoms with Crippen LogP contribution in [0.5, 0.6) is 0 Å². The van der Waals surface area contributed by atoms with Crippen LogP contribution in [0, 0.1) is 5.41 Å². The minimum absolute atomic E-state index is 0.229. The lowest BCUT2D eigenvalue weighted by Crippen LogP contribution is -2.55. The second-order valence-corrected chi connectivity index (χ2v) is 8.37. The van der Waals surface area contributed by atoms with E-state index in [9.17, 15) is 4.79 Å². The fourth-order valence-corrected chi connectivity index (χ4v) is 3.99. The third kappa shape index (κ3) is 6.83. The summed E-state index contributed by atoms with van der Waals surface area (Å²) in [7, 11) is 0. The van der Waals surface area contributed by atoms with E-state index in [4.69, 9.17) is 14.5 Å². The van der Waals surface area contributed by atoms with Crippen molar-refractivity contribution in [3.63, 3.8) is 0 Å². The summed E-state index contributed by atoms with van der Waals surface area (Å²) < 4.78 is 10.9. The van der Waals surface area contributed by atoms with Crippen LogP contribution in [0.15, 0.2) is 4.99 Å². The summed E-state index contributed by atoms with van der Waals surface area (Å²) in [6.45, 7) is 14.5. The van der Waals surface area contributed by atoms with Crippen molar-refractivity contribution in [1.29, 1.82) is 0 Å². The van der Waals surface area contributed by atoms with Crippen molar-refractivity contribution < 1.29 is 14.3 Å². The van der Waals surface area contributed by atoms with Crippen LogP contribution in [0.25, 0.3) is 0 Å². The van der Waals surface area contributed by atoms with Gasteiger partial charge in [-0.2, -0.15) is 0 Å². The zero-order chi connectivity index (χ0) is 20.5. The Balaban J connectivity index is 1.44. The molecule has 1 amide bonds. The van der Waals surface area contributed by atoms with Crippen molar-refractivity contribution >= 4 is 11.9 Å². The number of rotatable bonds is 9. The maximum atomic E-state index is 12.5. The summed E-state index contributed by atoms with van der Waals surface area (Å²) in [6.07, 6.45) is 3.64. The Hall–Kier alpha value is -1.38. The van der Waals surface area contributed by atoms with Gasteiger partial charge >= 0.3 is 0 Å². The van der Waals surface area contributed by atoms with E-state index in [1.54, 1.807) is 0 Å². The second kappa shape index (κ2) is 11.1. The number of carbonyl (C=O) groups is 1. The third-order valence-corrected chi connectivity index (χ3v) is 6.23. The molecule has 0 radical (unpaired) electrons. The number of hydrogen-bond donors (Lipinski definition) is 1. The average molecular weight is 410 g/mol. The van der Waals surface area contributed by atoms with Crippen LogP contribution in [-0.2, 0) is 14.3 Å². The Labute approximate surface area is 175 Å². The summed E-state index contributed by atoms with van der Waals surface area (Å²) >= 11 is 0. The first-order valence-electron chi connectivity index (χ1n) is 11.3. The van der Waals surface area contributed by atoms with Gasteiger partial charge < -0.3 is 24.6 Å². The average Bonchev–Trinajstić information content (AvgIpc) is 3.52. The molecule has 3 rings (SSSR count). The van der Waals surface area contributed by atoms with Crippen LogP contribution in [0.3, 0.4) is 0 Å². The molecule has 3 aliphatic rings.